The Bertz CT molecular complexity index is 592. The first kappa shape index (κ1) is 15.0. The maximum Gasteiger partial charge on any atom is 0.225 e. The fourth-order valence-electron chi connectivity index (χ4n) is 2.55. The number of hydrogen-bond donors (Lipinski definition) is 1. The minimum atomic E-state index is -2.96. The van der Waals surface area contributed by atoms with Crippen LogP contribution in [0.15, 0.2) is 6.07 Å². The molecule has 1 amide bonds. The zero-order valence-corrected chi connectivity index (χ0v) is 12.7. The predicted molar refractivity (Wildman–Crippen MR) is 77.2 cm³/mol. The summed E-state index contributed by atoms with van der Waals surface area (Å²) in [6.07, 6.45) is 2.53. The normalized spacial score (nSPS) is 21.6. The van der Waals surface area contributed by atoms with E-state index in [9.17, 15) is 13.2 Å². The van der Waals surface area contributed by atoms with Crippen LogP contribution in [0, 0.1) is 5.92 Å². The average molecular weight is 299 g/mol. The maximum atomic E-state index is 12.0. The lowest BCUT2D eigenvalue weighted by Gasteiger charge is -2.21. The number of nitrogens with one attached hydrogen (secondary N) is 1. The summed E-state index contributed by atoms with van der Waals surface area (Å²) in [5.74, 6) is 0.842. The quantitative estimate of drug-likeness (QED) is 0.904. The lowest BCUT2D eigenvalue weighted by molar-refractivity contribution is -0.117. The Labute approximate surface area is 119 Å². The lowest BCUT2D eigenvalue weighted by Crippen LogP contribution is -2.28. The largest absolute Gasteiger partial charge is 0.311 e. The van der Waals surface area contributed by atoms with Crippen LogP contribution in [0.25, 0.3) is 0 Å². The molecule has 0 unspecified atom stereocenters. The summed E-state index contributed by atoms with van der Waals surface area (Å²) in [7, 11) is -1.18. The molecule has 7 heteroatoms. The molecule has 2 heterocycles. The van der Waals surface area contributed by atoms with E-state index >= 15 is 0 Å². The molecule has 1 atom stereocenters. The smallest absolute Gasteiger partial charge is 0.225 e. The first-order valence-corrected chi connectivity index (χ1v) is 8.75. The van der Waals surface area contributed by atoms with Gasteiger partial charge in [-0.25, -0.2) is 8.42 Å². The number of anilines is 1. The molecule has 1 aliphatic heterocycles. The van der Waals surface area contributed by atoms with E-state index in [-0.39, 0.29) is 29.8 Å². The van der Waals surface area contributed by atoms with Crippen LogP contribution in [0.1, 0.15) is 31.9 Å². The van der Waals surface area contributed by atoms with Gasteiger partial charge in [0.25, 0.3) is 0 Å². The molecule has 1 saturated heterocycles. The molecule has 20 heavy (non-hydrogen) atoms. The highest BCUT2D eigenvalue weighted by Gasteiger charge is 2.26. The topological polar surface area (TPSA) is 81.1 Å². The Kier molecular flexibility index (Phi) is 4.47. The number of hydrogen-bond acceptors (Lipinski definition) is 4. The molecule has 0 radical (unpaired) electrons. The molecule has 0 bridgehead atoms. The molecular formula is C13H21N3O3S. The van der Waals surface area contributed by atoms with Gasteiger partial charge in [-0.05, 0) is 25.2 Å². The molecule has 1 aliphatic rings. The SMILES string of the molecule is CCc1cc(NC(=O)C[C@H]2CCCS(=O)(=O)C2)n(C)n1. The first-order chi connectivity index (χ1) is 9.39. The summed E-state index contributed by atoms with van der Waals surface area (Å²) < 4.78 is 24.7. The highest BCUT2D eigenvalue weighted by Crippen LogP contribution is 2.22. The van der Waals surface area contributed by atoms with Crippen molar-refractivity contribution >= 4 is 21.6 Å². The van der Waals surface area contributed by atoms with Gasteiger partial charge >= 0.3 is 0 Å². The minimum absolute atomic E-state index is 0.0624. The van der Waals surface area contributed by atoms with Crippen LogP contribution in [0.5, 0.6) is 0 Å². The molecular weight excluding hydrogens is 278 g/mol. The molecule has 2 rings (SSSR count). The fraction of sp³-hybridized carbons (Fsp3) is 0.692. The van der Waals surface area contributed by atoms with Crippen molar-refractivity contribution in [2.75, 3.05) is 16.8 Å². The van der Waals surface area contributed by atoms with Crippen LogP contribution in [0.4, 0.5) is 5.82 Å². The van der Waals surface area contributed by atoms with Crippen LogP contribution in [-0.4, -0.2) is 35.6 Å². The second-order valence-corrected chi connectivity index (χ2v) is 7.60. The Morgan fingerprint density at radius 3 is 2.90 bits per heavy atom. The number of aryl methyl sites for hydroxylation is 2. The molecule has 6 nitrogen and oxygen atoms in total. The molecule has 1 aromatic rings. The zero-order valence-electron chi connectivity index (χ0n) is 11.9. The number of rotatable bonds is 4. The van der Waals surface area contributed by atoms with Crippen LogP contribution in [-0.2, 0) is 28.1 Å². The summed E-state index contributed by atoms with van der Waals surface area (Å²) in [5, 5.41) is 7.06. The van der Waals surface area contributed by atoms with Crippen molar-refractivity contribution in [1.29, 1.82) is 0 Å². The summed E-state index contributed by atoms with van der Waals surface area (Å²) in [4.78, 5) is 12.0. The van der Waals surface area contributed by atoms with Crippen molar-refractivity contribution < 1.29 is 13.2 Å². The number of aromatic nitrogens is 2. The van der Waals surface area contributed by atoms with Gasteiger partial charge in [-0.1, -0.05) is 6.92 Å². The van der Waals surface area contributed by atoms with Gasteiger partial charge in [0.1, 0.15) is 5.82 Å². The molecule has 0 saturated carbocycles. The van der Waals surface area contributed by atoms with Crippen molar-refractivity contribution in [1.82, 2.24) is 9.78 Å². The third-order valence-electron chi connectivity index (χ3n) is 3.59. The second kappa shape index (κ2) is 5.95. The Morgan fingerprint density at radius 2 is 2.30 bits per heavy atom. The predicted octanol–water partition coefficient (Wildman–Crippen LogP) is 1.14. The number of carbonyl (C=O) groups is 1. The van der Waals surface area contributed by atoms with E-state index < -0.39 is 9.84 Å². The first-order valence-electron chi connectivity index (χ1n) is 6.93. The van der Waals surface area contributed by atoms with Crippen LogP contribution in [0.2, 0.25) is 0 Å². The van der Waals surface area contributed by atoms with Gasteiger partial charge in [-0.2, -0.15) is 5.10 Å². The average Bonchev–Trinajstić information content (AvgIpc) is 2.68. The van der Waals surface area contributed by atoms with Crippen LogP contribution >= 0.6 is 0 Å². The zero-order chi connectivity index (χ0) is 14.8. The van der Waals surface area contributed by atoms with E-state index in [4.69, 9.17) is 0 Å². The van der Waals surface area contributed by atoms with Gasteiger partial charge in [-0.3, -0.25) is 9.48 Å². The van der Waals surface area contributed by atoms with Crippen molar-refractivity contribution in [3.8, 4) is 0 Å². The summed E-state index contributed by atoms with van der Waals surface area (Å²) >= 11 is 0. The van der Waals surface area contributed by atoms with Gasteiger partial charge < -0.3 is 5.32 Å². The molecule has 1 aromatic heterocycles. The van der Waals surface area contributed by atoms with Gasteiger partial charge in [0.15, 0.2) is 9.84 Å². The monoisotopic (exact) mass is 299 g/mol. The third kappa shape index (κ3) is 3.82. The summed E-state index contributed by atoms with van der Waals surface area (Å²) in [6, 6.07) is 1.84. The number of nitrogens with zero attached hydrogens (tertiary/aromatic N) is 2. The van der Waals surface area contributed by atoms with Crippen molar-refractivity contribution in [3.05, 3.63) is 11.8 Å². The van der Waals surface area contributed by atoms with E-state index in [1.54, 1.807) is 11.7 Å². The highest BCUT2D eigenvalue weighted by molar-refractivity contribution is 7.91. The third-order valence-corrected chi connectivity index (χ3v) is 5.48. The van der Waals surface area contributed by atoms with Crippen molar-refractivity contribution in [3.63, 3.8) is 0 Å². The maximum absolute atomic E-state index is 12.0. The summed E-state index contributed by atoms with van der Waals surface area (Å²) in [6.45, 7) is 2.00. The fourth-order valence-corrected chi connectivity index (χ4v) is 4.33. The molecule has 1 N–H and O–H groups in total. The van der Waals surface area contributed by atoms with Crippen LogP contribution in [0.3, 0.4) is 0 Å². The minimum Gasteiger partial charge on any atom is -0.311 e. The summed E-state index contributed by atoms with van der Waals surface area (Å²) in [5.41, 5.74) is 0.919. The number of sulfone groups is 1. The Balaban J connectivity index is 1.93. The van der Waals surface area contributed by atoms with E-state index in [1.807, 2.05) is 13.0 Å². The molecule has 0 aromatic carbocycles. The molecule has 0 spiro atoms. The van der Waals surface area contributed by atoms with Crippen LogP contribution < -0.4 is 5.32 Å². The van der Waals surface area contributed by atoms with E-state index in [0.717, 1.165) is 18.5 Å². The molecule has 112 valence electrons. The standard InChI is InChI=1S/C13H21N3O3S/c1-3-11-8-12(16(2)15-11)14-13(17)7-10-5-4-6-20(18,19)9-10/h8,10H,3-7,9H2,1-2H3,(H,14,17)/t10-/m1/s1. The van der Waals surface area contributed by atoms with E-state index in [2.05, 4.69) is 10.4 Å². The Hall–Kier alpha value is -1.37. The van der Waals surface area contributed by atoms with E-state index in [0.29, 0.717) is 12.2 Å². The number of carbonyl (C=O) groups excluding carboxylic acids is 1. The lowest BCUT2D eigenvalue weighted by atomic mass is 10.0. The van der Waals surface area contributed by atoms with Crippen molar-refractivity contribution in [2.24, 2.45) is 13.0 Å². The second-order valence-electron chi connectivity index (χ2n) is 5.37. The molecule has 1 fully saturated rings. The Morgan fingerprint density at radius 1 is 1.55 bits per heavy atom. The number of amides is 1. The van der Waals surface area contributed by atoms with Gasteiger partial charge in [0.2, 0.25) is 5.91 Å². The van der Waals surface area contributed by atoms with Crippen molar-refractivity contribution in [2.45, 2.75) is 32.6 Å². The molecule has 0 aliphatic carbocycles. The van der Waals surface area contributed by atoms with E-state index in [1.165, 1.54) is 0 Å². The van der Waals surface area contributed by atoms with Gasteiger partial charge in [0, 0.05) is 19.5 Å². The van der Waals surface area contributed by atoms with Gasteiger partial charge in [-0.15, -0.1) is 0 Å². The highest BCUT2D eigenvalue weighted by atomic mass is 32.2. The van der Waals surface area contributed by atoms with Gasteiger partial charge in [0.05, 0.1) is 17.2 Å².